The van der Waals surface area contributed by atoms with Gasteiger partial charge in [0, 0.05) is 16.7 Å². The second kappa shape index (κ2) is 8.41. The molecule has 0 unspecified atom stereocenters. The molecule has 0 bridgehead atoms. The molecular formula is C15H11ClIN3O4S. The summed E-state index contributed by atoms with van der Waals surface area (Å²) in [4.78, 5) is 22.7. The predicted octanol–water partition coefficient (Wildman–Crippen LogP) is 3.99. The van der Waals surface area contributed by atoms with Gasteiger partial charge in [0.1, 0.15) is 11.4 Å². The number of hydrogen-bond donors (Lipinski definition) is 2. The lowest BCUT2D eigenvalue weighted by Gasteiger charge is -2.11. The number of rotatable bonds is 4. The number of hydrogen-bond acceptors (Lipinski definition) is 5. The number of nitrogens with one attached hydrogen (secondary N) is 2. The lowest BCUT2D eigenvalue weighted by molar-refractivity contribution is -0.383. The van der Waals surface area contributed by atoms with Crippen LogP contribution in [0.1, 0.15) is 10.4 Å². The Hall–Kier alpha value is -1.98. The highest BCUT2D eigenvalue weighted by Gasteiger charge is 2.17. The summed E-state index contributed by atoms with van der Waals surface area (Å²) >= 11 is 12.8. The molecule has 2 aromatic rings. The Labute approximate surface area is 167 Å². The zero-order chi connectivity index (χ0) is 18.6. The molecule has 1 amide bonds. The average molecular weight is 492 g/mol. The smallest absolute Gasteiger partial charge is 0.294 e. The van der Waals surface area contributed by atoms with Gasteiger partial charge in [-0.1, -0.05) is 11.6 Å². The normalized spacial score (nSPS) is 10.0. The number of nitro benzene ring substituents is 1. The first-order valence-electron chi connectivity index (χ1n) is 6.71. The van der Waals surface area contributed by atoms with Crippen LogP contribution in [0, 0.1) is 13.7 Å². The Morgan fingerprint density at radius 1 is 1.32 bits per heavy atom. The topological polar surface area (TPSA) is 93.5 Å². The van der Waals surface area contributed by atoms with Crippen molar-refractivity contribution in [1.29, 1.82) is 0 Å². The second-order valence-corrected chi connectivity index (χ2v) is 6.68. The van der Waals surface area contributed by atoms with Crippen LogP contribution in [0.15, 0.2) is 36.4 Å². The van der Waals surface area contributed by atoms with E-state index in [-0.39, 0.29) is 21.5 Å². The third kappa shape index (κ3) is 5.00. The molecule has 130 valence electrons. The molecule has 0 aliphatic carbocycles. The molecule has 0 aromatic heterocycles. The number of halogens is 2. The summed E-state index contributed by atoms with van der Waals surface area (Å²) in [5.74, 6) is 0.198. The van der Waals surface area contributed by atoms with Crippen LogP contribution in [-0.2, 0) is 0 Å². The molecule has 0 saturated carbocycles. The van der Waals surface area contributed by atoms with Gasteiger partial charge in [0.2, 0.25) is 0 Å². The van der Waals surface area contributed by atoms with Gasteiger partial charge in [-0.2, -0.15) is 0 Å². The number of nitrogens with zero attached hydrogens (tertiary/aromatic N) is 1. The van der Waals surface area contributed by atoms with Gasteiger partial charge in [-0.25, -0.2) is 0 Å². The maximum absolute atomic E-state index is 12.2. The minimum atomic E-state index is -0.593. The zero-order valence-electron chi connectivity index (χ0n) is 12.7. The van der Waals surface area contributed by atoms with E-state index in [1.165, 1.54) is 25.3 Å². The average Bonchev–Trinajstić information content (AvgIpc) is 2.56. The molecule has 2 N–H and O–H groups in total. The monoisotopic (exact) mass is 491 g/mol. The maximum atomic E-state index is 12.2. The van der Waals surface area contributed by atoms with Crippen molar-refractivity contribution >= 4 is 68.8 Å². The molecule has 0 spiro atoms. The number of ether oxygens (including phenoxy) is 1. The summed E-state index contributed by atoms with van der Waals surface area (Å²) in [6.45, 7) is 0. The molecule has 25 heavy (non-hydrogen) atoms. The van der Waals surface area contributed by atoms with Gasteiger partial charge in [-0.15, -0.1) is 0 Å². The third-order valence-corrected chi connectivity index (χ3v) is 4.33. The number of nitro groups is 1. The molecule has 0 atom stereocenters. The molecule has 2 rings (SSSR count). The largest absolute Gasteiger partial charge is 0.496 e. The van der Waals surface area contributed by atoms with Crippen molar-refractivity contribution in [2.24, 2.45) is 0 Å². The van der Waals surface area contributed by atoms with Gasteiger partial charge in [0.05, 0.1) is 15.6 Å². The molecule has 0 heterocycles. The number of thiocarbonyl (C=S) groups is 1. The van der Waals surface area contributed by atoms with Gasteiger partial charge in [0.15, 0.2) is 5.11 Å². The molecule has 0 aliphatic heterocycles. The van der Waals surface area contributed by atoms with E-state index in [0.717, 1.165) is 3.57 Å². The Bertz CT molecular complexity index is 863. The summed E-state index contributed by atoms with van der Waals surface area (Å²) < 4.78 is 5.90. The van der Waals surface area contributed by atoms with E-state index >= 15 is 0 Å². The lowest BCUT2D eigenvalue weighted by Crippen LogP contribution is -2.34. The highest BCUT2D eigenvalue weighted by molar-refractivity contribution is 14.1. The van der Waals surface area contributed by atoms with Crippen LogP contribution in [0.2, 0.25) is 5.02 Å². The van der Waals surface area contributed by atoms with Crippen LogP contribution < -0.4 is 15.4 Å². The van der Waals surface area contributed by atoms with Crippen LogP contribution in [0.25, 0.3) is 0 Å². The highest BCUT2D eigenvalue weighted by Crippen LogP contribution is 2.27. The summed E-state index contributed by atoms with van der Waals surface area (Å²) in [5, 5.41) is 16.3. The first-order valence-corrected chi connectivity index (χ1v) is 8.58. The van der Waals surface area contributed by atoms with Crippen LogP contribution in [-0.4, -0.2) is 23.1 Å². The van der Waals surface area contributed by atoms with Crippen LogP contribution in [0.4, 0.5) is 11.4 Å². The van der Waals surface area contributed by atoms with Gasteiger partial charge >= 0.3 is 0 Å². The minimum absolute atomic E-state index is 0.0683. The Balaban J connectivity index is 2.11. The quantitative estimate of drug-likeness (QED) is 0.291. The summed E-state index contributed by atoms with van der Waals surface area (Å²) in [6.07, 6.45) is 0. The van der Waals surface area contributed by atoms with Gasteiger partial charge in [0.25, 0.3) is 11.6 Å². The first-order chi connectivity index (χ1) is 11.8. The Kier molecular flexibility index (Phi) is 6.51. The fourth-order valence-corrected chi connectivity index (χ4v) is 3.00. The van der Waals surface area contributed by atoms with Crippen molar-refractivity contribution in [1.82, 2.24) is 5.32 Å². The van der Waals surface area contributed by atoms with Gasteiger partial charge < -0.3 is 10.1 Å². The van der Waals surface area contributed by atoms with Crippen molar-refractivity contribution in [3.8, 4) is 5.75 Å². The molecule has 7 nitrogen and oxygen atoms in total. The van der Waals surface area contributed by atoms with E-state index in [9.17, 15) is 14.9 Å². The van der Waals surface area contributed by atoms with E-state index in [1.807, 2.05) is 22.6 Å². The fourth-order valence-electron chi connectivity index (χ4n) is 1.90. The van der Waals surface area contributed by atoms with E-state index in [1.54, 1.807) is 18.2 Å². The number of carbonyl (C=O) groups excluding carboxylic acids is 1. The van der Waals surface area contributed by atoms with Crippen molar-refractivity contribution in [2.75, 3.05) is 12.4 Å². The van der Waals surface area contributed by atoms with Crippen LogP contribution >= 0.6 is 46.4 Å². The van der Waals surface area contributed by atoms with E-state index in [0.29, 0.717) is 11.3 Å². The Morgan fingerprint density at radius 2 is 2.04 bits per heavy atom. The summed E-state index contributed by atoms with van der Waals surface area (Å²) in [7, 11) is 1.54. The SMILES string of the molecule is COc1ccc(C(=O)NC(=S)Nc2ccc(Cl)cc2[N+](=O)[O-])cc1I. The number of carbonyl (C=O) groups is 1. The number of anilines is 1. The van der Waals surface area contributed by atoms with Crippen molar-refractivity contribution in [3.05, 3.63) is 60.7 Å². The molecule has 2 aromatic carbocycles. The van der Waals surface area contributed by atoms with E-state index < -0.39 is 10.8 Å². The standard InChI is InChI=1S/C15H11ClIN3O4S/c1-24-13-5-2-8(6-10(13)17)14(21)19-15(25)18-11-4-3-9(16)7-12(11)20(22)23/h2-7H,1H3,(H2,18,19,21,25). The molecule has 0 saturated heterocycles. The van der Waals surface area contributed by atoms with Gasteiger partial charge in [-0.05, 0) is 65.1 Å². The number of amides is 1. The van der Waals surface area contributed by atoms with Crippen molar-refractivity contribution in [2.45, 2.75) is 0 Å². The van der Waals surface area contributed by atoms with Gasteiger partial charge in [-0.3, -0.25) is 20.2 Å². The number of benzene rings is 2. The Morgan fingerprint density at radius 3 is 2.64 bits per heavy atom. The second-order valence-electron chi connectivity index (χ2n) is 4.68. The van der Waals surface area contributed by atoms with Crippen LogP contribution in [0.5, 0.6) is 5.75 Å². The predicted molar refractivity (Wildman–Crippen MR) is 108 cm³/mol. The zero-order valence-corrected chi connectivity index (χ0v) is 16.4. The third-order valence-electron chi connectivity index (χ3n) is 3.05. The first kappa shape index (κ1) is 19.3. The molecule has 0 aliphatic rings. The fraction of sp³-hybridized carbons (Fsp3) is 0.0667. The lowest BCUT2D eigenvalue weighted by atomic mass is 10.2. The molecular weight excluding hydrogens is 481 g/mol. The number of methoxy groups -OCH3 is 1. The molecule has 0 fully saturated rings. The molecule has 10 heteroatoms. The molecule has 0 radical (unpaired) electrons. The van der Waals surface area contributed by atoms with Crippen molar-refractivity contribution in [3.63, 3.8) is 0 Å². The van der Waals surface area contributed by atoms with E-state index in [4.69, 9.17) is 28.6 Å². The summed E-state index contributed by atoms with van der Waals surface area (Å²) in [6, 6.07) is 8.98. The maximum Gasteiger partial charge on any atom is 0.294 e. The summed E-state index contributed by atoms with van der Waals surface area (Å²) in [5.41, 5.74) is 0.257. The highest BCUT2D eigenvalue weighted by atomic mass is 127. The minimum Gasteiger partial charge on any atom is -0.496 e. The van der Waals surface area contributed by atoms with Crippen molar-refractivity contribution < 1.29 is 14.5 Å². The van der Waals surface area contributed by atoms with E-state index in [2.05, 4.69) is 10.6 Å². The van der Waals surface area contributed by atoms with Crippen LogP contribution in [0.3, 0.4) is 0 Å².